The molecule has 12 heavy (non-hydrogen) atoms. The molecule has 0 aromatic rings. The molecule has 3 heteroatoms. The molecule has 1 saturated carbocycles. The van der Waals surface area contributed by atoms with Crippen LogP contribution in [0.3, 0.4) is 0 Å². The number of hydrogen-bond donors (Lipinski definition) is 0. The van der Waals surface area contributed by atoms with Crippen molar-refractivity contribution in [3.05, 3.63) is 0 Å². The second-order valence-electron chi connectivity index (χ2n) is 3.58. The Morgan fingerprint density at radius 3 is 1.50 bits per heavy atom. The van der Waals surface area contributed by atoms with E-state index in [0.717, 1.165) is 11.8 Å². The SMILES string of the molecule is CC1CCCC1C.CO[SiH2]OC. The van der Waals surface area contributed by atoms with E-state index < -0.39 is 10.0 Å². The van der Waals surface area contributed by atoms with Gasteiger partial charge < -0.3 is 8.85 Å². The summed E-state index contributed by atoms with van der Waals surface area (Å²) in [5.74, 6) is 2.03. The van der Waals surface area contributed by atoms with E-state index in [0.29, 0.717) is 0 Å². The Hall–Kier alpha value is 0.137. The minimum Gasteiger partial charge on any atom is -0.402 e. The average molecular weight is 190 g/mol. The van der Waals surface area contributed by atoms with Crippen LogP contribution in [0.5, 0.6) is 0 Å². The van der Waals surface area contributed by atoms with Gasteiger partial charge in [-0.15, -0.1) is 0 Å². The summed E-state index contributed by atoms with van der Waals surface area (Å²) in [6, 6.07) is 0. The lowest BCUT2D eigenvalue weighted by Crippen LogP contribution is -1.95. The fourth-order valence-electron chi connectivity index (χ4n) is 1.45. The second-order valence-corrected chi connectivity index (χ2v) is 4.97. The van der Waals surface area contributed by atoms with E-state index >= 15 is 0 Å². The van der Waals surface area contributed by atoms with Crippen LogP contribution in [-0.4, -0.2) is 24.2 Å². The zero-order valence-corrected chi connectivity index (χ0v) is 10.2. The predicted molar refractivity (Wildman–Crippen MR) is 54.7 cm³/mol. The van der Waals surface area contributed by atoms with Crippen LogP contribution in [0.25, 0.3) is 0 Å². The van der Waals surface area contributed by atoms with Gasteiger partial charge in [-0.2, -0.15) is 0 Å². The number of rotatable bonds is 2. The monoisotopic (exact) mass is 190 g/mol. The van der Waals surface area contributed by atoms with Gasteiger partial charge in [-0.1, -0.05) is 33.1 Å². The molecule has 1 aliphatic carbocycles. The maximum absolute atomic E-state index is 4.61. The summed E-state index contributed by atoms with van der Waals surface area (Å²) in [5.41, 5.74) is 0. The molecule has 1 aliphatic rings. The van der Waals surface area contributed by atoms with Crippen LogP contribution in [0.4, 0.5) is 0 Å². The first-order chi connectivity index (χ1) is 5.72. The smallest absolute Gasteiger partial charge is 0.303 e. The molecule has 0 radical (unpaired) electrons. The molecule has 0 aromatic heterocycles. The van der Waals surface area contributed by atoms with Crippen molar-refractivity contribution in [1.82, 2.24) is 0 Å². The van der Waals surface area contributed by atoms with E-state index in [9.17, 15) is 0 Å². The van der Waals surface area contributed by atoms with E-state index in [1.807, 2.05) is 0 Å². The van der Waals surface area contributed by atoms with Gasteiger partial charge in [0.25, 0.3) is 0 Å². The highest BCUT2D eigenvalue weighted by atomic mass is 28.3. The standard InChI is InChI=1S/C7H14.C2H8O2Si/c1-6-4-3-5-7(6)2;1-3-5-4-2/h6-7H,3-5H2,1-2H3;5H2,1-2H3. The topological polar surface area (TPSA) is 18.5 Å². The molecular weight excluding hydrogens is 168 g/mol. The molecule has 0 aliphatic heterocycles. The third-order valence-corrected chi connectivity index (χ3v) is 3.00. The normalized spacial score (nSPS) is 28.0. The molecule has 74 valence electrons. The Morgan fingerprint density at radius 1 is 1.00 bits per heavy atom. The second kappa shape index (κ2) is 7.77. The lowest BCUT2D eigenvalue weighted by atomic mass is 10.0. The van der Waals surface area contributed by atoms with E-state index in [-0.39, 0.29) is 0 Å². The fraction of sp³-hybridized carbons (Fsp3) is 1.00. The Morgan fingerprint density at radius 2 is 1.42 bits per heavy atom. The lowest BCUT2D eigenvalue weighted by Gasteiger charge is -2.05. The Labute approximate surface area is 78.7 Å². The van der Waals surface area contributed by atoms with Crippen LogP contribution < -0.4 is 0 Å². The van der Waals surface area contributed by atoms with Gasteiger partial charge in [-0.25, -0.2) is 0 Å². The quantitative estimate of drug-likeness (QED) is 0.617. The third-order valence-electron chi connectivity index (χ3n) is 2.53. The molecule has 2 atom stereocenters. The van der Waals surface area contributed by atoms with Crippen molar-refractivity contribution in [1.29, 1.82) is 0 Å². The minimum atomic E-state index is -0.568. The molecule has 1 fully saturated rings. The largest absolute Gasteiger partial charge is 0.402 e. The average Bonchev–Trinajstić information content (AvgIpc) is 2.39. The van der Waals surface area contributed by atoms with Crippen LogP contribution >= 0.6 is 0 Å². The highest BCUT2D eigenvalue weighted by Crippen LogP contribution is 2.29. The Kier molecular flexibility index (Phi) is 7.86. The highest BCUT2D eigenvalue weighted by molar-refractivity contribution is 6.17. The zero-order valence-electron chi connectivity index (χ0n) is 8.80. The molecule has 2 unspecified atom stereocenters. The zero-order chi connectivity index (χ0) is 9.40. The van der Waals surface area contributed by atoms with Gasteiger partial charge in [0, 0.05) is 14.2 Å². The fourth-order valence-corrected chi connectivity index (χ4v) is 1.68. The Balaban J connectivity index is 0.000000217. The van der Waals surface area contributed by atoms with Crippen molar-refractivity contribution in [2.45, 2.75) is 33.1 Å². The summed E-state index contributed by atoms with van der Waals surface area (Å²) in [7, 11) is 2.73. The molecular formula is C9H22O2Si. The van der Waals surface area contributed by atoms with Gasteiger partial charge in [-0.05, 0) is 11.8 Å². The van der Waals surface area contributed by atoms with Crippen LogP contribution in [0.15, 0.2) is 0 Å². The van der Waals surface area contributed by atoms with Gasteiger partial charge in [0.15, 0.2) is 0 Å². The third kappa shape index (κ3) is 5.74. The van der Waals surface area contributed by atoms with Crippen molar-refractivity contribution in [3.8, 4) is 0 Å². The van der Waals surface area contributed by atoms with Crippen molar-refractivity contribution >= 4 is 10.0 Å². The molecule has 0 aromatic carbocycles. The van der Waals surface area contributed by atoms with Gasteiger partial charge in [0.2, 0.25) is 0 Å². The van der Waals surface area contributed by atoms with E-state index in [1.165, 1.54) is 19.3 Å². The van der Waals surface area contributed by atoms with Crippen molar-refractivity contribution in [2.24, 2.45) is 11.8 Å². The van der Waals surface area contributed by atoms with Gasteiger partial charge in [0.1, 0.15) is 0 Å². The molecule has 0 bridgehead atoms. The maximum Gasteiger partial charge on any atom is 0.303 e. The van der Waals surface area contributed by atoms with Crippen LogP contribution in [0.1, 0.15) is 33.1 Å². The van der Waals surface area contributed by atoms with E-state index in [1.54, 1.807) is 14.2 Å². The molecule has 0 saturated heterocycles. The first-order valence-electron chi connectivity index (χ1n) is 4.70. The molecule has 0 N–H and O–H groups in total. The first kappa shape index (κ1) is 12.1. The first-order valence-corrected chi connectivity index (χ1v) is 5.85. The number of hydrogen-bond acceptors (Lipinski definition) is 2. The summed E-state index contributed by atoms with van der Waals surface area (Å²) in [5, 5.41) is 0. The molecule has 0 heterocycles. The van der Waals surface area contributed by atoms with Crippen molar-refractivity contribution in [2.75, 3.05) is 14.2 Å². The molecule has 0 amide bonds. The molecule has 1 rings (SSSR count). The van der Waals surface area contributed by atoms with Gasteiger partial charge in [0.05, 0.1) is 0 Å². The van der Waals surface area contributed by atoms with Gasteiger partial charge >= 0.3 is 10.0 Å². The highest BCUT2D eigenvalue weighted by Gasteiger charge is 2.17. The summed E-state index contributed by atoms with van der Waals surface area (Å²) in [6.07, 6.45) is 4.42. The van der Waals surface area contributed by atoms with Crippen LogP contribution in [0.2, 0.25) is 0 Å². The van der Waals surface area contributed by atoms with Gasteiger partial charge in [-0.3, -0.25) is 0 Å². The lowest BCUT2D eigenvalue weighted by molar-refractivity contribution is 0.309. The van der Waals surface area contributed by atoms with Crippen LogP contribution in [-0.2, 0) is 8.85 Å². The van der Waals surface area contributed by atoms with Crippen LogP contribution in [0, 0.1) is 11.8 Å². The van der Waals surface area contributed by atoms with Crippen molar-refractivity contribution < 1.29 is 8.85 Å². The predicted octanol–water partition coefficient (Wildman–Crippen LogP) is 1.72. The van der Waals surface area contributed by atoms with E-state index in [2.05, 4.69) is 22.7 Å². The summed E-state index contributed by atoms with van der Waals surface area (Å²) in [4.78, 5) is 0. The molecule has 2 nitrogen and oxygen atoms in total. The minimum absolute atomic E-state index is 0.568. The summed E-state index contributed by atoms with van der Waals surface area (Å²) in [6.45, 7) is 4.72. The summed E-state index contributed by atoms with van der Waals surface area (Å²) < 4.78 is 9.22. The Bertz CT molecular complexity index is 88.5. The summed E-state index contributed by atoms with van der Waals surface area (Å²) >= 11 is 0. The maximum atomic E-state index is 4.61. The van der Waals surface area contributed by atoms with Crippen molar-refractivity contribution in [3.63, 3.8) is 0 Å². The molecule has 0 spiro atoms. The van der Waals surface area contributed by atoms with E-state index in [4.69, 9.17) is 0 Å².